The van der Waals surface area contributed by atoms with Crippen molar-refractivity contribution in [2.75, 3.05) is 6.26 Å². The van der Waals surface area contributed by atoms with Crippen LogP contribution < -0.4 is 0 Å². The van der Waals surface area contributed by atoms with Gasteiger partial charge in [-0.1, -0.05) is 66.3 Å². The zero-order valence-corrected chi connectivity index (χ0v) is 10.6. The fourth-order valence-corrected chi connectivity index (χ4v) is 2.66. The van der Waals surface area contributed by atoms with Crippen molar-refractivity contribution in [2.24, 2.45) is 0 Å². The number of hydrogen-bond donors (Lipinski definition) is 0. The molecule has 0 rings (SSSR count). The monoisotopic (exact) mass is 226 g/mol. The minimum Gasteiger partial charge on any atom is -0.0991 e. The molecular formula is C12H18S2. The Balaban J connectivity index is 4.76. The summed E-state index contributed by atoms with van der Waals surface area (Å²) >= 11 is 0. The highest BCUT2D eigenvalue weighted by Crippen LogP contribution is 2.32. The third-order valence-corrected chi connectivity index (χ3v) is 3.42. The molecule has 0 aromatic rings. The molecule has 0 N–H and O–H groups in total. The van der Waals surface area contributed by atoms with Gasteiger partial charge >= 0.3 is 0 Å². The van der Waals surface area contributed by atoms with Gasteiger partial charge in [0, 0.05) is 4.91 Å². The second-order valence-corrected chi connectivity index (χ2v) is 5.13. The Hall–Kier alpha value is -0.340. The highest BCUT2D eigenvalue weighted by molar-refractivity contribution is 8.78. The average Bonchev–Trinajstić information content (AvgIpc) is 2.21. The number of hydrogen-bond acceptors (Lipinski definition) is 2. The van der Waals surface area contributed by atoms with Crippen LogP contribution in [-0.4, -0.2) is 6.26 Å². The summed E-state index contributed by atoms with van der Waals surface area (Å²) in [4.78, 5) is 1.29. The first-order chi connectivity index (χ1) is 6.79. The van der Waals surface area contributed by atoms with Crippen LogP contribution in [0.2, 0.25) is 0 Å². The maximum atomic E-state index is 3.85. The summed E-state index contributed by atoms with van der Waals surface area (Å²) in [5, 5.41) is 0. The molecule has 14 heavy (non-hydrogen) atoms. The Kier molecular flexibility index (Phi) is 9.00. The average molecular weight is 226 g/mol. The van der Waals surface area contributed by atoms with Gasteiger partial charge in [-0.2, -0.15) is 0 Å². The Morgan fingerprint density at radius 3 is 2.50 bits per heavy atom. The molecule has 0 radical (unpaired) electrons. The molecule has 0 atom stereocenters. The van der Waals surface area contributed by atoms with Gasteiger partial charge in [0.1, 0.15) is 0 Å². The van der Waals surface area contributed by atoms with Gasteiger partial charge in [0.2, 0.25) is 0 Å². The molecule has 0 heterocycles. The van der Waals surface area contributed by atoms with E-state index in [0.717, 1.165) is 12.8 Å². The van der Waals surface area contributed by atoms with Gasteiger partial charge in [0.05, 0.1) is 0 Å². The van der Waals surface area contributed by atoms with Crippen LogP contribution in [0.4, 0.5) is 0 Å². The van der Waals surface area contributed by atoms with E-state index in [1.807, 2.05) is 12.2 Å². The summed E-state index contributed by atoms with van der Waals surface area (Å²) in [5.41, 5.74) is 1.32. The van der Waals surface area contributed by atoms with E-state index < -0.39 is 0 Å². The van der Waals surface area contributed by atoms with Crippen LogP contribution in [-0.2, 0) is 0 Å². The first-order valence-corrected chi connectivity index (χ1v) is 7.21. The molecular weight excluding hydrogens is 208 g/mol. The van der Waals surface area contributed by atoms with E-state index >= 15 is 0 Å². The molecule has 0 aliphatic carbocycles. The smallest absolute Gasteiger partial charge is 0.0214 e. The molecule has 0 unspecified atom stereocenters. The summed E-state index contributed by atoms with van der Waals surface area (Å²) in [7, 11) is 3.53. The summed E-state index contributed by atoms with van der Waals surface area (Å²) < 4.78 is 0. The highest BCUT2D eigenvalue weighted by atomic mass is 33.1. The summed E-state index contributed by atoms with van der Waals surface area (Å²) in [6.45, 7) is 9.71. The van der Waals surface area contributed by atoms with Crippen LogP contribution in [0.1, 0.15) is 19.8 Å². The lowest BCUT2D eigenvalue weighted by Gasteiger charge is -2.05. The molecule has 0 bridgehead atoms. The van der Waals surface area contributed by atoms with E-state index in [-0.39, 0.29) is 0 Å². The second kappa shape index (κ2) is 9.22. The third-order valence-electron chi connectivity index (χ3n) is 1.64. The standard InChI is InChI=1S/C12H18S2/c1-5-8-10-12(14-13-4)11(7-3)9-6-2/h5,7-8,10H,1,3,6,9H2,2,4H3/b10-8-,12-11-. The van der Waals surface area contributed by atoms with Crippen LogP contribution in [0.5, 0.6) is 0 Å². The van der Waals surface area contributed by atoms with Gasteiger partial charge < -0.3 is 0 Å². The van der Waals surface area contributed by atoms with Crippen LogP contribution in [0.25, 0.3) is 0 Å². The molecule has 0 aromatic carbocycles. The van der Waals surface area contributed by atoms with Gasteiger partial charge in [0.15, 0.2) is 0 Å². The van der Waals surface area contributed by atoms with Crippen molar-refractivity contribution in [1.82, 2.24) is 0 Å². The third kappa shape index (κ3) is 5.40. The van der Waals surface area contributed by atoms with Crippen molar-refractivity contribution in [3.05, 3.63) is 47.9 Å². The first-order valence-electron chi connectivity index (χ1n) is 4.65. The van der Waals surface area contributed by atoms with E-state index in [0.29, 0.717) is 0 Å². The fraction of sp³-hybridized carbons (Fsp3) is 0.333. The lowest BCUT2D eigenvalue weighted by molar-refractivity contribution is 0.925. The van der Waals surface area contributed by atoms with Crippen LogP contribution in [0.15, 0.2) is 47.9 Å². The maximum Gasteiger partial charge on any atom is 0.0214 e. The predicted molar refractivity (Wildman–Crippen MR) is 72.6 cm³/mol. The molecule has 0 aromatic heterocycles. The lowest BCUT2D eigenvalue weighted by Crippen LogP contribution is -1.82. The van der Waals surface area contributed by atoms with Gasteiger partial charge in [-0.15, -0.1) is 0 Å². The second-order valence-electron chi connectivity index (χ2n) is 2.69. The molecule has 2 heteroatoms. The lowest BCUT2D eigenvalue weighted by atomic mass is 10.1. The van der Waals surface area contributed by atoms with Crippen molar-refractivity contribution in [2.45, 2.75) is 19.8 Å². The minimum absolute atomic E-state index is 1.09. The van der Waals surface area contributed by atoms with Crippen molar-refractivity contribution in [1.29, 1.82) is 0 Å². The number of allylic oxidation sites excluding steroid dienone is 5. The summed E-state index contributed by atoms with van der Waals surface area (Å²) in [6.07, 6.45) is 12.1. The highest BCUT2D eigenvalue weighted by Gasteiger charge is 2.00. The van der Waals surface area contributed by atoms with Crippen LogP contribution in [0, 0.1) is 0 Å². The molecule has 0 nitrogen and oxygen atoms in total. The Labute approximate surface area is 95.6 Å². The van der Waals surface area contributed by atoms with E-state index in [2.05, 4.69) is 32.4 Å². The quantitative estimate of drug-likeness (QED) is 0.443. The largest absolute Gasteiger partial charge is 0.0991 e. The molecule has 0 amide bonds. The topological polar surface area (TPSA) is 0 Å². The van der Waals surface area contributed by atoms with Crippen molar-refractivity contribution in [3.8, 4) is 0 Å². The zero-order chi connectivity index (χ0) is 10.8. The summed E-state index contributed by atoms with van der Waals surface area (Å²) in [6, 6.07) is 0. The Morgan fingerprint density at radius 1 is 1.36 bits per heavy atom. The van der Waals surface area contributed by atoms with Crippen LogP contribution >= 0.6 is 21.6 Å². The Bertz CT molecular complexity index is 237. The van der Waals surface area contributed by atoms with Crippen molar-refractivity contribution in [3.63, 3.8) is 0 Å². The summed E-state index contributed by atoms with van der Waals surface area (Å²) in [5.74, 6) is 0. The fourth-order valence-electron chi connectivity index (χ4n) is 1.03. The minimum atomic E-state index is 1.09. The molecule has 0 saturated heterocycles. The SMILES string of the molecule is C=C/C=C\C(SSC)=C(/C=C)CCC. The van der Waals surface area contributed by atoms with Gasteiger partial charge in [-0.05, 0) is 24.3 Å². The normalized spacial score (nSPS) is 12.7. The molecule has 78 valence electrons. The van der Waals surface area contributed by atoms with E-state index in [9.17, 15) is 0 Å². The molecule has 0 spiro atoms. The van der Waals surface area contributed by atoms with Gasteiger partial charge in [-0.3, -0.25) is 0 Å². The van der Waals surface area contributed by atoms with E-state index in [1.54, 1.807) is 27.7 Å². The maximum absolute atomic E-state index is 3.85. The van der Waals surface area contributed by atoms with Gasteiger partial charge in [0.25, 0.3) is 0 Å². The van der Waals surface area contributed by atoms with Crippen molar-refractivity contribution >= 4 is 21.6 Å². The van der Waals surface area contributed by atoms with Crippen molar-refractivity contribution < 1.29 is 0 Å². The van der Waals surface area contributed by atoms with Crippen LogP contribution in [0.3, 0.4) is 0 Å². The predicted octanol–water partition coefficient (Wildman–Crippen LogP) is 4.98. The first kappa shape index (κ1) is 13.7. The van der Waals surface area contributed by atoms with E-state index in [1.165, 1.54) is 10.5 Å². The number of rotatable bonds is 7. The molecule has 0 aliphatic heterocycles. The van der Waals surface area contributed by atoms with Gasteiger partial charge in [-0.25, -0.2) is 0 Å². The van der Waals surface area contributed by atoms with E-state index in [4.69, 9.17) is 0 Å². The zero-order valence-electron chi connectivity index (χ0n) is 8.95. The molecule has 0 fully saturated rings. The molecule has 0 aliphatic rings. The Morgan fingerprint density at radius 2 is 2.07 bits per heavy atom. The molecule has 0 saturated carbocycles.